The zero-order valence-electron chi connectivity index (χ0n) is 12.5. The fourth-order valence-corrected chi connectivity index (χ4v) is 4.79. The van der Waals surface area contributed by atoms with Gasteiger partial charge in [-0.1, -0.05) is 23.9 Å². The molecule has 2 aromatic rings. The van der Waals surface area contributed by atoms with Gasteiger partial charge < -0.3 is 5.32 Å². The van der Waals surface area contributed by atoms with Gasteiger partial charge in [0, 0.05) is 16.7 Å². The molecule has 24 heavy (non-hydrogen) atoms. The number of hydrogen-bond donors (Lipinski definition) is 2. The average Bonchev–Trinajstić information content (AvgIpc) is 2.96. The Morgan fingerprint density at radius 2 is 1.96 bits per heavy atom. The second-order valence-corrected chi connectivity index (χ2v) is 8.72. The molecule has 0 saturated carbocycles. The van der Waals surface area contributed by atoms with Gasteiger partial charge in [0.25, 0.3) is 15.8 Å². The minimum absolute atomic E-state index is 0.0414. The quantitative estimate of drug-likeness (QED) is 0.707. The first-order valence-corrected chi connectivity index (χ1v) is 9.85. The summed E-state index contributed by atoms with van der Waals surface area (Å²) < 4.78 is 52.3. The van der Waals surface area contributed by atoms with Gasteiger partial charge in [0.1, 0.15) is 4.21 Å². The first kappa shape index (κ1) is 18.7. The highest BCUT2D eigenvalue weighted by Crippen LogP contribution is 2.33. The van der Waals surface area contributed by atoms with Gasteiger partial charge in [-0.15, -0.1) is 11.3 Å². The number of para-hydroxylation sites is 1. The Morgan fingerprint density at radius 3 is 2.62 bits per heavy atom. The summed E-state index contributed by atoms with van der Waals surface area (Å²) in [7, 11) is -3.89. The van der Waals surface area contributed by atoms with Crippen LogP contribution in [0, 0.1) is 0 Å². The minimum atomic E-state index is -3.89. The minimum Gasteiger partial charge on any atom is -0.351 e. The van der Waals surface area contributed by atoms with Crippen LogP contribution in [0.1, 0.15) is 11.8 Å². The van der Waals surface area contributed by atoms with Crippen LogP contribution in [-0.4, -0.2) is 20.1 Å². The molecule has 2 rings (SSSR count). The fourth-order valence-electron chi connectivity index (χ4n) is 1.75. The second-order valence-electron chi connectivity index (χ2n) is 4.61. The molecule has 130 valence electrons. The number of carbonyl (C=O) groups excluding carboxylic acids is 1. The average molecular weight is 392 g/mol. The van der Waals surface area contributed by atoms with Gasteiger partial charge in [0.2, 0.25) is 5.91 Å². The number of thiophene rings is 1. The molecule has 0 fully saturated rings. The highest BCUT2D eigenvalue weighted by molar-refractivity contribution is 8.00. The molecule has 2 N–H and O–H groups in total. The Kier molecular flexibility index (Phi) is 6.19. The lowest BCUT2D eigenvalue weighted by Gasteiger charge is -2.10. The number of halogens is 2. The molecular formula is C14H14F2N2O3S3. The van der Waals surface area contributed by atoms with Gasteiger partial charge in [0.05, 0.1) is 12.2 Å². The molecule has 0 aliphatic heterocycles. The second kappa shape index (κ2) is 7.95. The summed E-state index contributed by atoms with van der Waals surface area (Å²) in [5, 5.41) is 2.58. The van der Waals surface area contributed by atoms with Crippen LogP contribution >= 0.6 is 23.1 Å². The third-order valence-corrected chi connectivity index (χ3v) is 6.49. The summed E-state index contributed by atoms with van der Waals surface area (Å²) in [6.07, 6.45) is 0. The summed E-state index contributed by atoms with van der Waals surface area (Å²) in [6, 6.07) is 8.96. The van der Waals surface area contributed by atoms with E-state index in [2.05, 4.69) is 10.0 Å². The zero-order chi connectivity index (χ0) is 17.7. The predicted molar refractivity (Wildman–Crippen MR) is 91.0 cm³/mol. The van der Waals surface area contributed by atoms with E-state index in [0.717, 1.165) is 11.3 Å². The molecule has 1 amide bonds. The standard InChI is InChI=1S/C14H14F2N2O3S3/c1-9(19)17-8-10-6-7-13(22-10)24(20,21)18-11-4-2-3-5-12(11)23-14(15)16/h2-7,14,18H,8H2,1H3,(H,17,19). The Labute approximate surface area is 146 Å². The zero-order valence-corrected chi connectivity index (χ0v) is 14.9. The highest BCUT2D eigenvalue weighted by Gasteiger charge is 2.19. The van der Waals surface area contributed by atoms with Gasteiger partial charge in [0.15, 0.2) is 0 Å². The molecule has 1 aromatic heterocycles. The SMILES string of the molecule is CC(=O)NCc1ccc(S(=O)(=O)Nc2ccccc2SC(F)F)s1. The summed E-state index contributed by atoms with van der Waals surface area (Å²) in [5.74, 6) is -2.87. The Hall–Kier alpha value is -1.65. The Bertz CT molecular complexity index is 822. The largest absolute Gasteiger partial charge is 0.351 e. The van der Waals surface area contributed by atoms with E-state index in [4.69, 9.17) is 0 Å². The smallest absolute Gasteiger partial charge is 0.288 e. The molecule has 0 bridgehead atoms. The van der Waals surface area contributed by atoms with Crippen molar-refractivity contribution in [1.82, 2.24) is 5.32 Å². The van der Waals surface area contributed by atoms with E-state index in [1.165, 1.54) is 25.1 Å². The molecule has 10 heteroatoms. The molecule has 0 radical (unpaired) electrons. The Balaban J connectivity index is 2.18. The van der Waals surface area contributed by atoms with Gasteiger partial charge >= 0.3 is 0 Å². The highest BCUT2D eigenvalue weighted by atomic mass is 32.2. The van der Waals surface area contributed by atoms with E-state index in [9.17, 15) is 22.0 Å². The van der Waals surface area contributed by atoms with Crippen molar-refractivity contribution in [1.29, 1.82) is 0 Å². The van der Waals surface area contributed by atoms with Crippen LogP contribution < -0.4 is 10.0 Å². The van der Waals surface area contributed by atoms with Crippen molar-refractivity contribution in [2.45, 2.75) is 28.3 Å². The molecule has 0 spiro atoms. The van der Waals surface area contributed by atoms with Crippen molar-refractivity contribution in [2.75, 3.05) is 4.72 Å². The first-order valence-electron chi connectivity index (χ1n) is 6.68. The number of anilines is 1. The lowest BCUT2D eigenvalue weighted by molar-refractivity contribution is -0.119. The molecule has 1 heterocycles. The summed E-state index contributed by atoms with van der Waals surface area (Å²) in [5.41, 5.74) is 0.0969. The third-order valence-electron chi connectivity index (χ3n) is 2.76. The maximum Gasteiger partial charge on any atom is 0.288 e. The van der Waals surface area contributed by atoms with Crippen LogP contribution in [0.5, 0.6) is 0 Å². The number of amides is 1. The number of sulfonamides is 1. The normalized spacial score (nSPS) is 11.5. The molecular weight excluding hydrogens is 378 g/mol. The van der Waals surface area contributed by atoms with Crippen LogP contribution in [0.2, 0.25) is 0 Å². The number of alkyl halides is 2. The number of nitrogens with one attached hydrogen (secondary N) is 2. The lowest BCUT2D eigenvalue weighted by Crippen LogP contribution is -2.18. The third kappa shape index (κ3) is 5.18. The van der Waals surface area contributed by atoms with E-state index in [1.54, 1.807) is 18.2 Å². The van der Waals surface area contributed by atoms with Crippen LogP contribution in [0.15, 0.2) is 45.5 Å². The maximum atomic E-state index is 12.6. The Morgan fingerprint density at radius 1 is 1.25 bits per heavy atom. The number of benzene rings is 1. The van der Waals surface area contributed by atoms with E-state index < -0.39 is 15.8 Å². The molecule has 1 aromatic carbocycles. The van der Waals surface area contributed by atoms with E-state index >= 15 is 0 Å². The van der Waals surface area contributed by atoms with Crippen LogP contribution in [-0.2, 0) is 21.4 Å². The van der Waals surface area contributed by atoms with Gasteiger partial charge in [-0.25, -0.2) is 8.42 Å². The molecule has 0 saturated heterocycles. The molecule has 0 aliphatic carbocycles. The van der Waals surface area contributed by atoms with Crippen LogP contribution in [0.4, 0.5) is 14.5 Å². The van der Waals surface area contributed by atoms with E-state index in [1.807, 2.05) is 0 Å². The molecule has 0 aliphatic rings. The van der Waals surface area contributed by atoms with Crippen LogP contribution in [0.3, 0.4) is 0 Å². The van der Waals surface area contributed by atoms with Crippen molar-refractivity contribution < 1.29 is 22.0 Å². The number of thioether (sulfide) groups is 1. The van der Waals surface area contributed by atoms with Gasteiger partial charge in [-0.3, -0.25) is 9.52 Å². The van der Waals surface area contributed by atoms with Crippen molar-refractivity contribution in [3.05, 3.63) is 41.3 Å². The van der Waals surface area contributed by atoms with E-state index in [-0.39, 0.29) is 39.0 Å². The van der Waals surface area contributed by atoms with Crippen molar-refractivity contribution in [2.24, 2.45) is 0 Å². The van der Waals surface area contributed by atoms with E-state index in [0.29, 0.717) is 4.88 Å². The summed E-state index contributed by atoms with van der Waals surface area (Å²) in [6.45, 7) is 1.60. The van der Waals surface area contributed by atoms with Crippen molar-refractivity contribution in [3.8, 4) is 0 Å². The maximum absolute atomic E-state index is 12.6. The van der Waals surface area contributed by atoms with Crippen molar-refractivity contribution in [3.63, 3.8) is 0 Å². The lowest BCUT2D eigenvalue weighted by atomic mass is 10.3. The molecule has 5 nitrogen and oxygen atoms in total. The summed E-state index contributed by atoms with van der Waals surface area (Å²) in [4.78, 5) is 11.7. The number of rotatable bonds is 7. The fraction of sp³-hybridized carbons (Fsp3) is 0.214. The first-order chi connectivity index (χ1) is 11.3. The number of carbonyl (C=O) groups is 1. The topological polar surface area (TPSA) is 75.3 Å². The van der Waals surface area contributed by atoms with Crippen LogP contribution in [0.25, 0.3) is 0 Å². The number of hydrogen-bond acceptors (Lipinski definition) is 5. The molecule has 0 atom stereocenters. The van der Waals surface area contributed by atoms with Crippen molar-refractivity contribution >= 4 is 44.7 Å². The monoisotopic (exact) mass is 392 g/mol. The van der Waals surface area contributed by atoms with Gasteiger partial charge in [-0.2, -0.15) is 8.78 Å². The van der Waals surface area contributed by atoms with Gasteiger partial charge in [-0.05, 0) is 24.3 Å². The predicted octanol–water partition coefficient (Wildman–Crippen LogP) is 3.50. The molecule has 0 unspecified atom stereocenters. The summed E-state index contributed by atoms with van der Waals surface area (Å²) >= 11 is 1.27.